The fourth-order valence-electron chi connectivity index (χ4n) is 3.40. The molecule has 26 heavy (non-hydrogen) atoms. The summed E-state index contributed by atoms with van der Waals surface area (Å²) in [7, 11) is 1.70. The van der Waals surface area contributed by atoms with Gasteiger partial charge in [0.2, 0.25) is 0 Å². The Morgan fingerprint density at radius 3 is 2.62 bits per heavy atom. The average molecular weight is 510 g/mol. The molecular formula is C16H30F3IN4OS. The lowest BCUT2D eigenvalue weighted by molar-refractivity contribution is -0.143. The summed E-state index contributed by atoms with van der Waals surface area (Å²) in [4.78, 5) is 5.68. The minimum atomic E-state index is -4.14. The van der Waals surface area contributed by atoms with Gasteiger partial charge in [-0.1, -0.05) is 6.92 Å². The summed E-state index contributed by atoms with van der Waals surface area (Å²) in [5.74, 6) is 1.71. The van der Waals surface area contributed by atoms with E-state index < -0.39 is 12.7 Å². The predicted molar refractivity (Wildman–Crippen MR) is 112 cm³/mol. The Hall–Kier alpha value is 0.0600. The number of halogens is 4. The van der Waals surface area contributed by atoms with E-state index in [9.17, 15) is 13.2 Å². The highest BCUT2D eigenvalue weighted by Gasteiger charge is 2.35. The summed E-state index contributed by atoms with van der Waals surface area (Å²) in [6.45, 7) is 4.50. The lowest BCUT2D eigenvalue weighted by atomic mass is 9.99. The molecule has 0 aromatic heterocycles. The van der Waals surface area contributed by atoms with Crippen LogP contribution in [0.2, 0.25) is 0 Å². The van der Waals surface area contributed by atoms with E-state index in [0.717, 1.165) is 38.4 Å². The molecule has 0 amide bonds. The van der Waals surface area contributed by atoms with E-state index in [4.69, 9.17) is 4.74 Å². The van der Waals surface area contributed by atoms with Crippen LogP contribution in [0, 0.1) is 0 Å². The number of hydrogen-bond donors (Lipinski definition) is 2. The molecular weight excluding hydrogens is 480 g/mol. The third kappa shape index (κ3) is 7.97. The van der Waals surface area contributed by atoms with Gasteiger partial charge in [-0.2, -0.15) is 24.9 Å². The highest BCUT2D eigenvalue weighted by molar-refractivity contribution is 14.0. The zero-order valence-corrected chi connectivity index (χ0v) is 18.5. The van der Waals surface area contributed by atoms with Gasteiger partial charge in [0.1, 0.15) is 0 Å². The van der Waals surface area contributed by atoms with Gasteiger partial charge in [0, 0.05) is 50.7 Å². The maximum Gasteiger partial charge on any atom is 0.401 e. The van der Waals surface area contributed by atoms with Crippen LogP contribution < -0.4 is 10.6 Å². The van der Waals surface area contributed by atoms with Gasteiger partial charge in [-0.05, 0) is 25.0 Å². The maximum absolute atomic E-state index is 12.5. The quantitative estimate of drug-likeness (QED) is 0.327. The highest BCUT2D eigenvalue weighted by atomic mass is 127. The van der Waals surface area contributed by atoms with Gasteiger partial charge >= 0.3 is 6.18 Å². The monoisotopic (exact) mass is 510 g/mol. The number of nitrogens with zero attached hydrogens (tertiary/aromatic N) is 2. The molecule has 0 bridgehead atoms. The van der Waals surface area contributed by atoms with Crippen molar-refractivity contribution in [3.05, 3.63) is 0 Å². The molecule has 10 heteroatoms. The smallest absolute Gasteiger partial charge is 0.381 e. The van der Waals surface area contributed by atoms with Gasteiger partial charge in [0.05, 0.1) is 6.54 Å². The Morgan fingerprint density at radius 2 is 2.04 bits per heavy atom. The van der Waals surface area contributed by atoms with Crippen LogP contribution in [0.3, 0.4) is 0 Å². The maximum atomic E-state index is 12.5. The molecule has 0 aliphatic carbocycles. The standard InChI is InChI=1S/C16H29F3N4OS.HI/c1-3-25-15(5-8-24-9-6-15)11-21-14(20-2)22-13-4-7-23(10-13)12-16(17,18)19;/h13H,3-12H2,1-2H3,(H2,20,21,22);1H. The fraction of sp³-hybridized carbons (Fsp3) is 0.938. The van der Waals surface area contributed by atoms with Crippen molar-refractivity contribution < 1.29 is 17.9 Å². The van der Waals surface area contributed by atoms with E-state index in [-0.39, 0.29) is 34.8 Å². The lowest BCUT2D eigenvalue weighted by Crippen LogP contribution is -2.50. The van der Waals surface area contributed by atoms with E-state index in [1.165, 1.54) is 4.90 Å². The second-order valence-electron chi connectivity index (χ2n) is 6.63. The summed E-state index contributed by atoms with van der Waals surface area (Å²) < 4.78 is 43.1. The normalized spacial score (nSPS) is 24.2. The fourth-order valence-corrected chi connectivity index (χ4v) is 4.64. The SMILES string of the molecule is CCSC1(CNC(=NC)NC2CCN(CC(F)(F)F)C2)CCOCC1.I. The van der Waals surface area contributed by atoms with Gasteiger partial charge in [-0.15, -0.1) is 24.0 Å². The van der Waals surface area contributed by atoms with Crippen molar-refractivity contribution in [3.8, 4) is 0 Å². The third-order valence-electron chi connectivity index (χ3n) is 4.67. The molecule has 5 nitrogen and oxygen atoms in total. The lowest BCUT2D eigenvalue weighted by Gasteiger charge is -2.37. The zero-order valence-electron chi connectivity index (χ0n) is 15.4. The van der Waals surface area contributed by atoms with E-state index in [0.29, 0.717) is 25.5 Å². The number of nitrogens with one attached hydrogen (secondary N) is 2. The van der Waals surface area contributed by atoms with Gasteiger partial charge in [-0.3, -0.25) is 9.89 Å². The molecule has 2 fully saturated rings. The Balaban J connectivity index is 0.00000338. The van der Waals surface area contributed by atoms with Crippen molar-refractivity contribution in [2.45, 2.75) is 43.2 Å². The van der Waals surface area contributed by atoms with E-state index in [1.807, 2.05) is 11.8 Å². The Kier molecular flexibility index (Phi) is 10.3. The second kappa shape index (κ2) is 11.2. The van der Waals surface area contributed by atoms with Crippen molar-refractivity contribution in [1.29, 1.82) is 0 Å². The summed E-state index contributed by atoms with van der Waals surface area (Å²) in [6.07, 6.45) is -1.45. The Morgan fingerprint density at radius 1 is 1.35 bits per heavy atom. The summed E-state index contributed by atoms with van der Waals surface area (Å²) in [5.41, 5.74) is 0. The van der Waals surface area contributed by atoms with Gasteiger partial charge < -0.3 is 15.4 Å². The van der Waals surface area contributed by atoms with Crippen LogP contribution >= 0.6 is 35.7 Å². The molecule has 2 aliphatic heterocycles. The molecule has 1 unspecified atom stereocenters. The average Bonchev–Trinajstić information content (AvgIpc) is 2.97. The number of thioether (sulfide) groups is 1. The van der Waals surface area contributed by atoms with Gasteiger partial charge in [0.25, 0.3) is 0 Å². The third-order valence-corrected chi connectivity index (χ3v) is 6.13. The second-order valence-corrected chi connectivity index (χ2v) is 8.37. The molecule has 2 saturated heterocycles. The number of guanidine groups is 1. The molecule has 2 rings (SSSR count). The first-order valence-corrected chi connectivity index (χ1v) is 9.82. The number of hydrogen-bond acceptors (Lipinski definition) is 4. The molecule has 0 radical (unpaired) electrons. The number of ether oxygens (including phenoxy) is 1. The Bertz CT molecular complexity index is 442. The first-order valence-electron chi connectivity index (χ1n) is 8.84. The van der Waals surface area contributed by atoms with Crippen molar-refractivity contribution in [2.75, 3.05) is 52.2 Å². The number of alkyl halides is 3. The molecule has 1 atom stereocenters. The number of aliphatic imine (C=N–C) groups is 1. The summed E-state index contributed by atoms with van der Waals surface area (Å²) >= 11 is 1.94. The van der Waals surface area contributed by atoms with Crippen molar-refractivity contribution in [1.82, 2.24) is 15.5 Å². The number of rotatable bonds is 6. The van der Waals surface area contributed by atoms with Crippen molar-refractivity contribution in [3.63, 3.8) is 0 Å². The van der Waals surface area contributed by atoms with Crippen LogP contribution in [0.5, 0.6) is 0 Å². The molecule has 2 aliphatic rings. The van der Waals surface area contributed by atoms with Crippen molar-refractivity contribution >= 4 is 41.7 Å². The molecule has 0 aromatic rings. The van der Waals surface area contributed by atoms with Crippen LogP contribution in [-0.2, 0) is 4.74 Å². The minimum Gasteiger partial charge on any atom is -0.381 e. The van der Waals surface area contributed by atoms with E-state index in [1.54, 1.807) is 7.05 Å². The van der Waals surface area contributed by atoms with Gasteiger partial charge in [-0.25, -0.2) is 0 Å². The van der Waals surface area contributed by atoms with Crippen LogP contribution in [0.15, 0.2) is 4.99 Å². The topological polar surface area (TPSA) is 48.9 Å². The predicted octanol–water partition coefficient (Wildman–Crippen LogP) is 2.71. The largest absolute Gasteiger partial charge is 0.401 e. The van der Waals surface area contributed by atoms with Crippen molar-refractivity contribution in [2.24, 2.45) is 4.99 Å². The molecule has 2 heterocycles. The first kappa shape index (κ1) is 24.1. The number of likely N-dealkylation sites (tertiary alicyclic amines) is 1. The first-order chi connectivity index (χ1) is 11.9. The van der Waals surface area contributed by atoms with Crippen LogP contribution in [0.4, 0.5) is 13.2 Å². The van der Waals surface area contributed by atoms with E-state index in [2.05, 4.69) is 22.5 Å². The minimum absolute atomic E-state index is 0. The molecule has 0 saturated carbocycles. The van der Waals surface area contributed by atoms with E-state index >= 15 is 0 Å². The van der Waals surface area contributed by atoms with Crippen LogP contribution in [0.25, 0.3) is 0 Å². The zero-order chi connectivity index (χ0) is 18.3. The van der Waals surface area contributed by atoms with Crippen LogP contribution in [-0.4, -0.2) is 80.0 Å². The van der Waals surface area contributed by atoms with Gasteiger partial charge in [0.15, 0.2) is 5.96 Å². The summed E-state index contributed by atoms with van der Waals surface area (Å²) in [6, 6.07) is -0.00184. The Labute approximate surface area is 175 Å². The molecule has 154 valence electrons. The van der Waals surface area contributed by atoms with Crippen LogP contribution in [0.1, 0.15) is 26.2 Å². The molecule has 2 N–H and O–H groups in total. The molecule has 0 spiro atoms. The highest BCUT2D eigenvalue weighted by Crippen LogP contribution is 2.34. The molecule has 0 aromatic carbocycles. The summed E-state index contributed by atoms with van der Waals surface area (Å²) in [5, 5.41) is 6.65.